The summed E-state index contributed by atoms with van der Waals surface area (Å²) in [5.41, 5.74) is 5.44. The lowest BCUT2D eigenvalue weighted by molar-refractivity contribution is 0.0956. The highest BCUT2D eigenvalue weighted by atomic mass is 16.2. The molecule has 0 aliphatic rings. The number of nitrogens with one attached hydrogen (secondary N) is 2. The van der Waals surface area contributed by atoms with E-state index in [1.807, 2.05) is 86.9 Å². The van der Waals surface area contributed by atoms with Crippen LogP contribution in [0.4, 0.5) is 11.6 Å². The highest BCUT2D eigenvalue weighted by Gasteiger charge is 2.20. The molecule has 0 saturated carbocycles. The van der Waals surface area contributed by atoms with Crippen LogP contribution in [-0.4, -0.2) is 50.8 Å². The van der Waals surface area contributed by atoms with Crippen LogP contribution in [0.2, 0.25) is 0 Å². The van der Waals surface area contributed by atoms with Crippen molar-refractivity contribution in [3.05, 3.63) is 123 Å². The third kappa shape index (κ3) is 6.64. The first-order valence-corrected chi connectivity index (χ1v) is 13.8. The summed E-state index contributed by atoms with van der Waals surface area (Å²) in [4.78, 5) is 37.2. The molecule has 2 heterocycles. The van der Waals surface area contributed by atoms with E-state index in [9.17, 15) is 9.59 Å². The predicted molar refractivity (Wildman–Crippen MR) is 168 cm³/mol. The van der Waals surface area contributed by atoms with Gasteiger partial charge in [0.2, 0.25) is 5.95 Å². The molecule has 0 radical (unpaired) electrons. The standard InChI is InChI=1S/C33H35N7O2/c1-23-30(32(42)40(39(23)4)22-25-9-6-5-7-10-25)31(41)34-18-8-11-24-14-17-29-27(19-24)20-35-33(37-29)36-28-15-12-26(13-16-28)21-38(2)3/h5-17,19-20H,18,21-22H2,1-4H3,(H,34,41)(H,35,36,37)/b11-8+. The van der Waals surface area contributed by atoms with Crippen molar-refractivity contribution in [2.24, 2.45) is 7.05 Å². The van der Waals surface area contributed by atoms with E-state index in [2.05, 4.69) is 37.6 Å². The van der Waals surface area contributed by atoms with Crippen LogP contribution in [0.1, 0.15) is 32.7 Å². The number of amides is 1. The third-order valence-corrected chi connectivity index (χ3v) is 7.06. The highest BCUT2D eigenvalue weighted by Crippen LogP contribution is 2.19. The normalized spacial score (nSPS) is 11.5. The molecule has 214 valence electrons. The Balaban J connectivity index is 1.20. The number of rotatable bonds is 10. The molecule has 0 spiro atoms. The van der Waals surface area contributed by atoms with Crippen LogP contribution in [0, 0.1) is 6.92 Å². The quantitative estimate of drug-likeness (QED) is 0.256. The summed E-state index contributed by atoms with van der Waals surface area (Å²) in [7, 11) is 5.89. The van der Waals surface area contributed by atoms with E-state index in [-0.39, 0.29) is 23.6 Å². The Morgan fingerprint density at radius 2 is 1.76 bits per heavy atom. The number of carbonyl (C=O) groups excluding carboxylic acids is 1. The van der Waals surface area contributed by atoms with E-state index < -0.39 is 0 Å². The molecule has 9 heteroatoms. The maximum absolute atomic E-state index is 13.1. The number of fused-ring (bicyclic) bond motifs is 1. The number of hydrogen-bond donors (Lipinski definition) is 2. The van der Waals surface area contributed by atoms with E-state index in [1.54, 1.807) is 29.5 Å². The maximum atomic E-state index is 13.1. The topological polar surface area (TPSA) is 97.1 Å². The SMILES string of the molecule is Cc1c(C(=O)NC/C=C/c2ccc3nc(Nc4ccc(CN(C)C)cc4)ncc3c2)c(=O)n(Cc2ccccc2)n1C. The smallest absolute Gasteiger partial charge is 0.280 e. The fourth-order valence-corrected chi connectivity index (χ4v) is 4.80. The van der Waals surface area contributed by atoms with Gasteiger partial charge in [-0.05, 0) is 62.0 Å². The Hall–Kier alpha value is -5.02. The van der Waals surface area contributed by atoms with Gasteiger partial charge in [0.05, 0.1) is 12.1 Å². The molecule has 0 fully saturated rings. The Kier molecular flexibility index (Phi) is 8.59. The second kappa shape index (κ2) is 12.7. The molecule has 9 nitrogen and oxygen atoms in total. The first kappa shape index (κ1) is 28.5. The van der Waals surface area contributed by atoms with Crippen molar-refractivity contribution in [3.63, 3.8) is 0 Å². The van der Waals surface area contributed by atoms with E-state index in [0.717, 1.165) is 34.3 Å². The van der Waals surface area contributed by atoms with Crippen molar-refractivity contribution in [1.29, 1.82) is 0 Å². The van der Waals surface area contributed by atoms with Crippen LogP contribution in [0.15, 0.2) is 89.9 Å². The van der Waals surface area contributed by atoms with Gasteiger partial charge < -0.3 is 15.5 Å². The van der Waals surface area contributed by atoms with E-state index in [4.69, 9.17) is 0 Å². The van der Waals surface area contributed by atoms with Crippen LogP contribution in [0.3, 0.4) is 0 Å². The molecule has 5 rings (SSSR count). The predicted octanol–water partition coefficient (Wildman–Crippen LogP) is 4.74. The van der Waals surface area contributed by atoms with Crippen LogP contribution in [0.25, 0.3) is 17.0 Å². The molecule has 2 N–H and O–H groups in total. The molecule has 42 heavy (non-hydrogen) atoms. The van der Waals surface area contributed by atoms with E-state index in [1.165, 1.54) is 5.56 Å². The van der Waals surface area contributed by atoms with Gasteiger partial charge in [-0.3, -0.25) is 14.3 Å². The summed E-state index contributed by atoms with van der Waals surface area (Å²) in [6.07, 6.45) is 5.58. The summed E-state index contributed by atoms with van der Waals surface area (Å²) in [6, 6.07) is 23.9. The average molecular weight is 562 g/mol. The van der Waals surface area contributed by atoms with Crippen molar-refractivity contribution in [3.8, 4) is 0 Å². The van der Waals surface area contributed by atoms with Crippen LogP contribution in [-0.2, 0) is 20.1 Å². The van der Waals surface area contributed by atoms with Crippen LogP contribution >= 0.6 is 0 Å². The molecule has 3 aromatic carbocycles. The minimum atomic E-state index is -0.385. The Bertz CT molecular complexity index is 1790. The Morgan fingerprint density at radius 3 is 2.50 bits per heavy atom. The number of anilines is 2. The van der Waals surface area contributed by atoms with Crippen molar-refractivity contribution in [2.45, 2.75) is 20.0 Å². The summed E-state index contributed by atoms with van der Waals surface area (Å²) >= 11 is 0. The minimum Gasteiger partial charge on any atom is -0.348 e. The summed E-state index contributed by atoms with van der Waals surface area (Å²) in [6.45, 7) is 3.36. The molecule has 0 atom stereocenters. The highest BCUT2D eigenvalue weighted by molar-refractivity contribution is 5.95. The molecule has 0 aliphatic heterocycles. The van der Waals surface area contributed by atoms with E-state index >= 15 is 0 Å². The van der Waals surface area contributed by atoms with Crippen LogP contribution < -0.4 is 16.2 Å². The maximum Gasteiger partial charge on any atom is 0.280 e. The number of hydrogen-bond acceptors (Lipinski definition) is 6. The fraction of sp³-hybridized carbons (Fsp3) is 0.212. The number of benzene rings is 3. The number of aromatic nitrogens is 4. The van der Waals surface area contributed by atoms with Gasteiger partial charge in [0.25, 0.3) is 11.5 Å². The lowest BCUT2D eigenvalue weighted by Crippen LogP contribution is -2.30. The summed E-state index contributed by atoms with van der Waals surface area (Å²) < 4.78 is 3.32. The van der Waals surface area contributed by atoms with Gasteiger partial charge in [0.15, 0.2) is 0 Å². The first-order chi connectivity index (χ1) is 20.3. The van der Waals surface area contributed by atoms with Gasteiger partial charge in [-0.15, -0.1) is 0 Å². The van der Waals surface area contributed by atoms with Crippen molar-refractivity contribution < 1.29 is 4.79 Å². The van der Waals surface area contributed by atoms with Gasteiger partial charge in [0.1, 0.15) is 5.56 Å². The zero-order valence-electron chi connectivity index (χ0n) is 24.3. The second-order valence-corrected chi connectivity index (χ2v) is 10.5. The lowest BCUT2D eigenvalue weighted by Gasteiger charge is -2.10. The Morgan fingerprint density at radius 1 is 1.00 bits per heavy atom. The van der Waals surface area contributed by atoms with Gasteiger partial charge in [-0.2, -0.15) is 0 Å². The van der Waals surface area contributed by atoms with Gasteiger partial charge in [-0.1, -0.05) is 60.7 Å². The fourth-order valence-electron chi connectivity index (χ4n) is 4.80. The second-order valence-electron chi connectivity index (χ2n) is 10.5. The summed E-state index contributed by atoms with van der Waals surface area (Å²) in [5.74, 6) is 0.150. The molecule has 5 aromatic rings. The van der Waals surface area contributed by atoms with Gasteiger partial charge in [-0.25, -0.2) is 14.6 Å². The molecule has 0 unspecified atom stereocenters. The molecule has 0 bridgehead atoms. The molecule has 2 aromatic heterocycles. The van der Waals surface area contributed by atoms with E-state index in [0.29, 0.717) is 18.2 Å². The van der Waals surface area contributed by atoms with Crippen molar-refractivity contribution >= 4 is 34.5 Å². The molecule has 0 aliphatic carbocycles. The van der Waals surface area contributed by atoms with Crippen molar-refractivity contribution in [1.82, 2.24) is 29.5 Å². The molecule has 1 amide bonds. The lowest BCUT2D eigenvalue weighted by atomic mass is 10.1. The van der Waals surface area contributed by atoms with Gasteiger partial charge >= 0.3 is 0 Å². The van der Waals surface area contributed by atoms with Gasteiger partial charge in [0, 0.05) is 43.1 Å². The Labute approximate surface area is 245 Å². The van der Waals surface area contributed by atoms with Crippen LogP contribution in [0.5, 0.6) is 0 Å². The van der Waals surface area contributed by atoms with Crippen molar-refractivity contribution in [2.75, 3.05) is 26.0 Å². The summed E-state index contributed by atoms with van der Waals surface area (Å²) in [5, 5.41) is 7.02. The zero-order valence-corrected chi connectivity index (χ0v) is 24.3. The zero-order chi connectivity index (χ0) is 29.6. The number of nitrogens with zero attached hydrogens (tertiary/aromatic N) is 5. The third-order valence-electron chi connectivity index (χ3n) is 7.06. The molecular weight excluding hydrogens is 526 g/mol. The first-order valence-electron chi connectivity index (χ1n) is 13.8. The minimum absolute atomic E-state index is 0.165. The average Bonchev–Trinajstić information content (AvgIpc) is 3.19. The molecular formula is C33H35N7O2. The monoisotopic (exact) mass is 561 g/mol. The molecule has 0 saturated heterocycles. The number of carbonyl (C=O) groups is 1. The largest absolute Gasteiger partial charge is 0.348 e.